The molecule has 0 heterocycles. The van der Waals surface area contributed by atoms with Crippen molar-refractivity contribution in [1.29, 1.82) is 5.39 Å². The first-order valence-corrected chi connectivity index (χ1v) is 8.89. The van der Waals surface area contributed by atoms with E-state index in [2.05, 4.69) is 11.9 Å². The van der Waals surface area contributed by atoms with E-state index in [1.165, 1.54) is 12.1 Å². The third kappa shape index (κ3) is 3.78. The van der Waals surface area contributed by atoms with Crippen LogP contribution in [0.15, 0.2) is 35.2 Å². The molecule has 0 atom stereocenters. The van der Waals surface area contributed by atoms with Gasteiger partial charge >= 0.3 is 5.69 Å². The highest BCUT2D eigenvalue weighted by atomic mass is 32.2. The zero-order valence-corrected chi connectivity index (χ0v) is 13.7. The molecule has 0 N–H and O–H groups in total. The summed E-state index contributed by atoms with van der Waals surface area (Å²) in [5, 5.41) is 21.5. The molecule has 23 heavy (non-hydrogen) atoms. The molecule has 0 aliphatic carbocycles. The number of hydrogen-bond acceptors (Lipinski definition) is 5. The third-order valence-electron chi connectivity index (χ3n) is 3.55. The Balaban J connectivity index is 2.38. The normalized spacial score (nSPS) is 11.5. The minimum Gasteiger partial charge on any atom is -0.867 e. The van der Waals surface area contributed by atoms with E-state index in [1.54, 1.807) is 12.1 Å². The van der Waals surface area contributed by atoms with Gasteiger partial charge in [-0.2, -0.15) is 8.42 Å². The van der Waals surface area contributed by atoms with Gasteiger partial charge in [-0.3, -0.25) is 4.18 Å². The Labute approximate surface area is 135 Å². The Bertz CT molecular complexity index is 841. The third-order valence-corrected chi connectivity index (χ3v) is 4.90. The topological polar surface area (TPSA) is 94.6 Å². The molecule has 0 spiro atoms. The predicted octanol–water partition coefficient (Wildman–Crippen LogP) is 3.68. The van der Waals surface area contributed by atoms with Crippen molar-refractivity contribution < 1.29 is 17.7 Å². The highest BCUT2D eigenvalue weighted by Crippen LogP contribution is 2.37. The Kier molecular flexibility index (Phi) is 5.53. The van der Waals surface area contributed by atoms with Crippen LogP contribution in [0, 0.1) is 5.39 Å². The van der Waals surface area contributed by atoms with Crippen LogP contribution in [-0.2, 0) is 14.3 Å². The minimum atomic E-state index is -4.03. The second-order valence-corrected chi connectivity index (χ2v) is 6.79. The fourth-order valence-electron chi connectivity index (χ4n) is 2.34. The van der Waals surface area contributed by atoms with E-state index in [1.807, 2.05) is 0 Å². The maximum atomic E-state index is 12.4. The summed E-state index contributed by atoms with van der Waals surface area (Å²) in [6.45, 7) is 2.15. The fraction of sp³-hybridized carbons (Fsp3) is 0.375. The first-order valence-electron chi connectivity index (χ1n) is 7.48. The van der Waals surface area contributed by atoms with E-state index in [0.717, 1.165) is 25.3 Å². The average Bonchev–Trinajstić information content (AvgIpc) is 2.55. The van der Waals surface area contributed by atoms with Crippen molar-refractivity contribution in [2.45, 2.75) is 37.5 Å². The predicted molar refractivity (Wildman–Crippen MR) is 85.4 cm³/mol. The Morgan fingerprint density at radius 3 is 2.52 bits per heavy atom. The number of benzene rings is 2. The van der Waals surface area contributed by atoms with E-state index >= 15 is 0 Å². The maximum absolute atomic E-state index is 12.4. The van der Waals surface area contributed by atoms with E-state index in [4.69, 9.17) is 9.58 Å². The first kappa shape index (κ1) is 17.2. The summed E-state index contributed by atoms with van der Waals surface area (Å²) in [7, 11) is -4.03. The summed E-state index contributed by atoms with van der Waals surface area (Å²) in [5.74, 6) is -0.523. The van der Waals surface area contributed by atoms with Crippen LogP contribution in [0.3, 0.4) is 0 Å². The zero-order valence-electron chi connectivity index (χ0n) is 12.9. The molecular formula is C16H18N2O4S. The van der Waals surface area contributed by atoms with Crippen molar-refractivity contribution in [3.05, 3.63) is 35.3 Å². The van der Waals surface area contributed by atoms with Crippen LogP contribution in [0.1, 0.15) is 32.6 Å². The Morgan fingerprint density at radius 2 is 1.87 bits per heavy atom. The molecule has 2 aromatic carbocycles. The second kappa shape index (κ2) is 7.40. The molecule has 0 aliphatic heterocycles. The number of unbranched alkanes of at least 4 members (excludes halogenated alkanes) is 3. The zero-order chi connectivity index (χ0) is 16.9. The molecule has 0 saturated heterocycles. The molecule has 2 aromatic rings. The molecule has 2 rings (SSSR count). The summed E-state index contributed by atoms with van der Waals surface area (Å²) in [6.07, 6.45) is 3.60. The van der Waals surface area contributed by atoms with Crippen LogP contribution in [0.2, 0.25) is 0 Å². The highest BCUT2D eigenvalue weighted by Gasteiger charge is 2.24. The number of rotatable bonds is 7. The van der Waals surface area contributed by atoms with Crippen molar-refractivity contribution in [3.8, 4) is 5.75 Å². The van der Waals surface area contributed by atoms with Gasteiger partial charge in [0, 0.05) is 5.39 Å². The molecular weight excluding hydrogens is 316 g/mol. The van der Waals surface area contributed by atoms with Gasteiger partial charge in [-0.1, -0.05) is 50.5 Å². The Morgan fingerprint density at radius 1 is 1.17 bits per heavy atom. The Hall–Kier alpha value is -2.17. The van der Waals surface area contributed by atoms with Crippen LogP contribution >= 0.6 is 0 Å². The van der Waals surface area contributed by atoms with E-state index in [9.17, 15) is 13.5 Å². The van der Waals surface area contributed by atoms with Crippen LogP contribution in [0.25, 0.3) is 15.7 Å². The first-order chi connectivity index (χ1) is 11.0. The van der Waals surface area contributed by atoms with Crippen LogP contribution in [0.4, 0.5) is 5.69 Å². The van der Waals surface area contributed by atoms with Crippen molar-refractivity contribution in [1.82, 2.24) is 0 Å². The monoisotopic (exact) mass is 334 g/mol. The number of diazo groups is 1. The van der Waals surface area contributed by atoms with Gasteiger partial charge < -0.3 is 5.11 Å². The maximum Gasteiger partial charge on any atom is 0.379 e. The van der Waals surface area contributed by atoms with Gasteiger partial charge in [0.25, 0.3) is 10.1 Å². The van der Waals surface area contributed by atoms with E-state index < -0.39 is 15.9 Å². The molecule has 0 fully saturated rings. The lowest BCUT2D eigenvalue weighted by atomic mass is 10.1. The lowest BCUT2D eigenvalue weighted by Crippen LogP contribution is -2.09. The molecule has 0 aliphatic rings. The highest BCUT2D eigenvalue weighted by molar-refractivity contribution is 7.87. The smallest absolute Gasteiger partial charge is 0.379 e. The summed E-state index contributed by atoms with van der Waals surface area (Å²) in [6, 6.07) is 7.33. The van der Waals surface area contributed by atoms with Gasteiger partial charge in [-0.05, 0) is 17.6 Å². The van der Waals surface area contributed by atoms with Gasteiger partial charge in [-0.25, -0.2) is 0 Å². The molecule has 0 radical (unpaired) electrons. The largest absolute Gasteiger partial charge is 0.867 e. The molecule has 6 nitrogen and oxygen atoms in total. The van der Waals surface area contributed by atoms with Crippen molar-refractivity contribution in [2.75, 3.05) is 6.61 Å². The van der Waals surface area contributed by atoms with Crippen LogP contribution in [0.5, 0.6) is 5.75 Å². The summed E-state index contributed by atoms with van der Waals surface area (Å²) < 4.78 is 29.9. The fourth-order valence-corrected chi connectivity index (χ4v) is 3.51. The van der Waals surface area contributed by atoms with E-state index in [0.29, 0.717) is 6.42 Å². The van der Waals surface area contributed by atoms with Crippen LogP contribution < -0.4 is 5.11 Å². The molecule has 7 heteroatoms. The standard InChI is InChI=1S/C16H18N2O4S/c1-2-3-4-7-10-22-23(20,21)15-11-14(18-17)16(19)13-9-6-5-8-12(13)15/h5-6,8-9,11H,2-4,7,10H2,1H3. The molecule has 0 aromatic heterocycles. The van der Waals surface area contributed by atoms with Gasteiger partial charge in [0.2, 0.25) is 5.39 Å². The molecule has 0 saturated carbocycles. The SMILES string of the molecule is CCCCCCOS(=O)(=O)c1cc([N+]#N)c([O-])c2ccccc12. The van der Waals surface area contributed by atoms with Crippen molar-refractivity contribution in [2.24, 2.45) is 0 Å². The number of fused-ring (bicyclic) bond motifs is 1. The summed E-state index contributed by atoms with van der Waals surface area (Å²) >= 11 is 0. The molecule has 122 valence electrons. The summed E-state index contributed by atoms with van der Waals surface area (Å²) in [5.41, 5.74) is -0.322. The molecule has 0 amide bonds. The minimum absolute atomic E-state index is 0.0847. The number of nitrogens with zero attached hydrogens (tertiary/aromatic N) is 2. The number of hydrogen-bond donors (Lipinski definition) is 0. The molecule has 0 unspecified atom stereocenters. The summed E-state index contributed by atoms with van der Waals surface area (Å²) in [4.78, 5) is 2.73. The quantitative estimate of drug-likeness (QED) is 0.437. The average molecular weight is 334 g/mol. The van der Waals surface area contributed by atoms with E-state index in [-0.39, 0.29) is 28.0 Å². The van der Waals surface area contributed by atoms with Crippen molar-refractivity contribution >= 4 is 26.6 Å². The van der Waals surface area contributed by atoms with Gasteiger partial charge in [0.15, 0.2) is 4.98 Å². The van der Waals surface area contributed by atoms with Crippen molar-refractivity contribution in [3.63, 3.8) is 0 Å². The van der Waals surface area contributed by atoms with Crippen LogP contribution in [-0.4, -0.2) is 15.0 Å². The van der Waals surface area contributed by atoms with Gasteiger partial charge in [0.1, 0.15) is 4.90 Å². The van der Waals surface area contributed by atoms with Gasteiger partial charge in [-0.15, -0.1) is 0 Å². The van der Waals surface area contributed by atoms with Gasteiger partial charge in [0.05, 0.1) is 12.7 Å². The lowest BCUT2D eigenvalue weighted by Gasteiger charge is -2.12. The second-order valence-electron chi connectivity index (χ2n) is 5.21. The lowest BCUT2D eigenvalue weighted by molar-refractivity contribution is -0.264. The molecule has 0 bridgehead atoms.